The van der Waals surface area contributed by atoms with Crippen molar-refractivity contribution in [3.63, 3.8) is 0 Å². The van der Waals surface area contributed by atoms with Crippen molar-refractivity contribution in [2.24, 2.45) is 0 Å². The van der Waals surface area contributed by atoms with E-state index in [1.807, 2.05) is 13.8 Å². The number of nitro benzene ring substituents is 1. The third kappa shape index (κ3) is 3.99. The number of benzene rings is 2. The fourth-order valence-corrected chi connectivity index (χ4v) is 4.10. The van der Waals surface area contributed by atoms with Crippen LogP contribution in [-0.4, -0.2) is 35.0 Å². The Hall–Kier alpha value is -3.23. The van der Waals surface area contributed by atoms with Crippen LogP contribution in [-0.2, 0) is 4.74 Å². The standard InChI is InChI=1S/C23H21ClN2O6/c1-13(2)31-10-4-9-25-20(14-5-3-6-16(11-14)26(29)30)19-21(27)17-12-15(24)7-8-18(17)32-22(19)23(25)28/h3,5-8,11-13,20H,4,9-10H2,1-2H3/t20-/m1/s1. The molecule has 0 radical (unpaired) electrons. The smallest absolute Gasteiger partial charge is 0.290 e. The molecule has 1 aliphatic heterocycles. The number of carbonyl (C=O) groups is 1. The molecule has 1 aromatic heterocycles. The molecule has 3 aromatic rings. The summed E-state index contributed by atoms with van der Waals surface area (Å²) >= 11 is 6.07. The first-order valence-electron chi connectivity index (χ1n) is 10.2. The number of ether oxygens (including phenoxy) is 1. The molecule has 4 rings (SSSR count). The number of non-ortho nitro benzene ring substituents is 1. The number of hydrogen-bond donors (Lipinski definition) is 0. The van der Waals surface area contributed by atoms with Gasteiger partial charge in [-0.15, -0.1) is 0 Å². The van der Waals surface area contributed by atoms with Crippen LogP contribution in [0.2, 0.25) is 5.02 Å². The molecule has 0 bridgehead atoms. The Balaban J connectivity index is 1.85. The first-order valence-corrected chi connectivity index (χ1v) is 10.6. The lowest BCUT2D eigenvalue weighted by Gasteiger charge is -2.25. The lowest BCUT2D eigenvalue weighted by atomic mass is 9.98. The summed E-state index contributed by atoms with van der Waals surface area (Å²) in [5, 5.41) is 11.9. The quantitative estimate of drug-likeness (QED) is 0.289. The second-order valence-corrected chi connectivity index (χ2v) is 8.28. The van der Waals surface area contributed by atoms with E-state index in [0.29, 0.717) is 30.2 Å². The highest BCUT2D eigenvalue weighted by atomic mass is 35.5. The summed E-state index contributed by atoms with van der Waals surface area (Å²) in [6.07, 6.45) is 0.579. The SMILES string of the molecule is CC(C)OCCCN1C(=O)c2oc3ccc(Cl)cc3c(=O)c2[C@H]1c1cccc([N+](=O)[O-])c1. The zero-order valence-electron chi connectivity index (χ0n) is 17.5. The molecule has 9 heteroatoms. The number of nitro groups is 1. The number of rotatable bonds is 7. The summed E-state index contributed by atoms with van der Waals surface area (Å²) in [6, 6.07) is 9.77. The number of halogens is 1. The Morgan fingerprint density at radius 2 is 2.00 bits per heavy atom. The third-order valence-electron chi connectivity index (χ3n) is 5.32. The van der Waals surface area contributed by atoms with Crippen LogP contribution in [0.25, 0.3) is 11.0 Å². The van der Waals surface area contributed by atoms with Gasteiger partial charge in [0.1, 0.15) is 5.58 Å². The van der Waals surface area contributed by atoms with Gasteiger partial charge in [-0.2, -0.15) is 0 Å². The Kier molecular flexibility index (Phi) is 5.99. The van der Waals surface area contributed by atoms with Gasteiger partial charge in [-0.05, 0) is 44.0 Å². The van der Waals surface area contributed by atoms with Crippen LogP contribution in [0.15, 0.2) is 51.7 Å². The van der Waals surface area contributed by atoms with Gasteiger partial charge in [-0.1, -0.05) is 23.7 Å². The molecular weight excluding hydrogens is 436 g/mol. The molecule has 0 saturated carbocycles. The summed E-state index contributed by atoms with van der Waals surface area (Å²) in [6.45, 7) is 4.56. The van der Waals surface area contributed by atoms with Gasteiger partial charge in [-0.25, -0.2) is 0 Å². The Morgan fingerprint density at radius 1 is 1.22 bits per heavy atom. The molecular formula is C23H21ClN2O6. The minimum absolute atomic E-state index is 0.0485. The molecule has 1 amide bonds. The van der Waals surface area contributed by atoms with Gasteiger partial charge < -0.3 is 14.1 Å². The van der Waals surface area contributed by atoms with Crippen molar-refractivity contribution in [2.45, 2.75) is 32.4 Å². The van der Waals surface area contributed by atoms with Crippen LogP contribution >= 0.6 is 11.6 Å². The lowest BCUT2D eigenvalue weighted by Crippen LogP contribution is -2.31. The zero-order valence-corrected chi connectivity index (χ0v) is 18.3. The third-order valence-corrected chi connectivity index (χ3v) is 5.55. The summed E-state index contributed by atoms with van der Waals surface area (Å²) in [5.74, 6) is -0.485. The fourth-order valence-electron chi connectivity index (χ4n) is 3.93. The first kappa shape index (κ1) is 22.0. The van der Waals surface area contributed by atoms with Gasteiger partial charge in [0, 0.05) is 30.3 Å². The fraction of sp³-hybridized carbons (Fsp3) is 0.304. The summed E-state index contributed by atoms with van der Waals surface area (Å²) in [5.41, 5.74) is 0.378. The number of carbonyl (C=O) groups excluding carboxylic acids is 1. The maximum Gasteiger partial charge on any atom is 0.290 e. The Labute approximate surface area is 188 Å². The molecule has 0 aliphatic carbocycles. The maximum atomic E-state index is 13.4. The van der Waals surface area contributed by atoms with Gasteiger partial charge in [-0.3, -0.25) is 19.7 Å². The predicted octanol–water partition coefficient (Wildman–Crippen LogP) is 4.71. The minimum atomic E-state index is -0.809. The molecule has 0 saturated heterocycles. The van der Waals surface area contributed by atoms with Crippen LogP contribution in [0.1, 0.15) is 48.0 Å². The Morgan fingerprint density at radius 3 is 2.72 bits per heavy atom. The van der Waals surface area contributed by atoms with Crippen LogP contribution in [0.5, 0.6) is 0 Å². The highest BCUT2D eigenvalue weighted by molar-refractivity contribution is 6.31. The van der Waals surface area contributed by atoms with E-state index >= 15 is 0 Å². The highest BCUT2D eigenvalue weighted by Crippen LogP contribution is 2.39. The largest absolute Gasteiger partial charge is 0.450 e. The molecule has 0 spiro atoms. The van der Waals surface area contributed by atoms with Crippen LogP contribution in [0, 0.1) is 10.1 Å². The molecule has 2 aromatic carbocycles. The van der Waals surface area contributed by atoms with E-state index in [-0.39, 0.29) is 39.5 Å². The average molecular weight is 457 g/mol. The second kappa shape index (κ2) is 8.72. The Bertz CT molecular complexity index is 1270. The van der Waals surface area contributed by atoms with E-state index in [0.717, 1.165) is 0 Å². The molecule has 1 aliphatic rings. The maximum absolute atomic E-state index is 13.4. The van der Waals surface area contributed by atoms with Crippen molar-refractivity contribution in [1.82, 2.24) is 4.90 Å². The molecule has 8 nitrogen and oxygen atoms in total. The monoisotopic (exact) mass is 456 g/mol. The molecule has 32 heavy (non-hydrogen) atoms. The van der Waals surface area contributed by atoms with E-state index in [1.54, 1.807) is 18.2 Å². The molecule has 0 fully saturated rings. The summed E-state index contributed by atoms with van der Waals surface area (Å²) < 4.78 is 11.4. The van der Waals surface area contributed by atoms with Gasteiger partial charge in [0.25, 0.3) is 11.6 Å². The van der Waals surface area contributed by atoms with Crippen molar-refractivity contribution in [3.8, 4) is 0 Å². The average Bonchev–Trinajstić information content (AvgIpc) is 3.04. The van der Waals surface area contributed by atoms with Crippen molar-refractivity contribution in [3.05, 3.63) is 84.7 Å². The minimum Gasteiger partial charge on any atom is -0.450 e. The molecule has 0 unspecified atom stereocenters. The van der Waals surface area contributed by atoms with E-state index in [4.69, 9.17) is 20.8 Å². The van der Waals surface area contributed by atoms with Crippen molar-refractivity contribution in [1.29, 1.82) is 0 Å². The van der Waals surface area contributed by atoms with Crippen molar-refractivity contribution >= 4 is 34.2 Å². The molecule has 1 atom stereocenters. The number of fused-ring (bicyclic) bond motifs is 2. The second-order valence-electron chi connectivity index (χ2n) is 7.84. The van der Waals surface area contributed by atoms with Crippen LogP contribution in [0.4, 0.5) is 5.69 Å². The summed E-state index contributed by atoms with van der Waals surface area (Å²) in [4.78, 5) is 39.0. The molecule has 166 valence electrons. The molecule has 0 N–H and O–H groups in total. The van der Waals surface area contributed by atoms with Gasteiger partial charge in [0.05, 0.1) is 28.0 Å². The van der Waals surface area contributed by atoms with Gasteiger partial charge in [0.2, 0.25) is 5.76 Å². The lowest BCUT2D eigenvalue weighted by molar-refractivity contribution is -0.384. The van der Waals surface area contributed by atoms with E-state index in [9.17, 15) is 19.7 Å². The van der Waals surface area contributed by atoms with Crippen molar-refractivity contribution in [2.75, 3.05) is 13.2 Å². The van der Waals surface area contributed by atoms with E-state index in [2.05, 4.69) is 0 Å². The normalized spacial score (nSPS) is 15.6. The number of amides is 1. The summed E-state index contributed by atoms with van der Waals surface area (Å²) in [7, 11) is 0. The molecule has 2 heterocycles. The predicted molar refractivity (Wildman–Crippen MR) is 119 cm³/mol. The van der Waals surface area contributed by atoms with Gasteiger partial charge in [0.15, 0.2) is 5.43 Å². The van der Waals surface area contributed by atoms with E-state index < -0.39 is 16.9 Å². The van der Waals surface area contributed by atoms with Crippen LogP contribution < -0.4 is 5.43 Å². The van der Waals surface area contributed by atoms with E-state index in [1.165, 1.54) is 29.2 Å². The highest BCUT2D eigenvalue weighted by Gasteiger charge is 2.42. The zero-order chi connectivity index (χ0) is 23.0. The topological polar surface area (TPSA) is 103 Å². The van der Waals surface area contributed by atoms with Crippen LogP contribution in [0.3, 0.4) is 0 Å². The number of hydrogen-bond acceptors (Lipinski definition) is 6. The van der Waals surface area contributed by atoms with Crippen molar-refractivity contribution < 1.29 is 18.9 Å². The first-order chi connectivity index (χ1) is 15.3. The van der Waals surface area contributed by atoms with Gasteiger partial charge >= 0.3 is 0 Å². The number of nitrogens with zero attached hydrogens (tertiary/aromatic N) is 2.